The molecule has 42 heavy (non-hydrogen) atoms. The van der Waals surface area contributed by atoms with Crippen LogP contribution in [0, 0.1) is 6.92 Å². The van der Waals surface area contributed by atoms with E-state index in [1.54, 1.807) is 47.8 Å². The molecule has 0 spiro atoms. The Morgan fingerprint density at radius 1 is 0.929 bits per heavy atom. The van der Waals surface area contributed by atoms with Gasteiger partial charge < -0.3 is 11.1 Å². The molecular formula is C34H24ClN3O2S2. The maximum absolute atomic E-state index is 13.5. The summed E-state index contributed by atoms with van der Waals surface area (Å²) >= 11 is 8.94. The van der Waals surface area contributed by atoms with Crippen LogP contribution in [0.5, 0.6) is 0 Å². The Labute approximate surface area is 255 Å². The Hall–Kier alpha value is -4.56. The van der Waals surface area contributed by atoms with Gasteiger partial charge in [0.25, 0.3) is 5.91 Å². The van der Waals surface area contributed by atoms with Crippen LogP contribution in [0.1, 0.15) is 30.5 Å². The first-order chi connectivity index (χ1) is 20.4. The molecule has 3 aromatic carbocycles. The first-order valence-electron chi connectivity index (χ1n) is 13.1. The number of carbonyl (C=O) groups is 2. The molecule has 0 saturated heterocycles. The first-order valence-corrected chi connectivity index (χ1v) is 15.2. The van der Waals surface area contributed by atoms with Gasteiger partial charge in [-0.2, -0.15) is 0 Å². The minimum absolute atomic E-state index is 0.110. The molecule has 6 aromatic rings. The molecule has 0 aliphatic heterocycles. The number of ketones is 1. The van der Waals surface area contributed by atoms with Gasteiger partial charge in [-0.05, 0) is 84.1 Å². The fourth-order valence-electron chi connectivity index (χ4n) is 4.64. The predicted octanol–water partition coefficient (Wildman–Crippen LogP) is 9.38. The molecule has 6 rings (SSSR count). The van der Waals surface area contributed by atoms with Crippen LogP contribution < -0.4 is 11.1 Å². The lowest BCUT2D eigenvalue weighted by atomic mass is 9.98. The lowest BCUT2D eigenvalue weighted by Gasteiger charge is -2.10. The molecule has 206 valence electrons. The SMILES string of the molecule is Cc1cccc(-c2cc(-c3ccc(Cl)cc3)nc3sc(C(=O)Nc4ccc(C(=O)C=Cc5cccs5)cc4)c(N)c23)c1. The number of fused-ring (bicyclic) bond motifs is 1. The van der Waals surface area contributed by atoms with Crippen molar-refractivity contribution >= 4 is 73.6 Å². The van der Waals surface area contributed by atoms with Crippen LogP contribution >= 0.6 is 34.3 Å². The van der Waals surface area contributed by atoms with Gasteiger partial charge in [0.1, 0.15) is 9.71 Å². The summed E-state index contributed by atoms with van der Waals surface area (Å²) in [7, 11) is 0. The standard InChI is InChI=1S/C34H24ClN3O2S2/c1-20-4-2-5-23(18-20)27-19-28(21-7-11-24(35)12-8-21)38-34-30(27)31(36)32(42-34)33(40)37-25-13-9-22(10-14-25)29(39)16-15-26-6-3-17-41-26/h2-19H,36H2,1H3,(H,37,40). The number of benzene rings is 3. The van der Waals surface area contributed by atoms with Gasteiger partial charge in [-0.15, -0.1) is 22.7 Å². The number of pyridine rings is 1. The topological polar surface area (TPSA) is 85.1 Å². The van der Waals surface area contributed by atoms with Gasteiger partial charge in [0.05, 0.1) is 11.4 Å². The lowest BCUT2D eigenvalue weighted by molar-refractivity contribution is 0.102. The van der Waals surface area contributed by atoms with Gasteiger partial charge >= 0.3 is 0 Å². The predicted molar refractivity (Wildman–Crippen MR) is 177 cm³/mol. The molecule has 3 heterocycles. The average Bonchev–Trinajstić information content (AvgIpc) is 3.64. The average molecular weight is 606 g/mol. The second-order valence-corrected chi connectivity index (χ2v) is 12.1. The number of halogens is 1. The number of anilines is 2. The molecule has 8 heteroatoms. The zero-order valence-corrected chi connectivity index (χ0v) is 24.8. The molecule has 3 aromatic heterocycles. The number of nitrogens with two attached hydrogens (primary N) is 1. The smallest absolute Gasteiger partial charge is 0.267 e. The summed E-state index contributed by atoms with van der Waals surface area (Å²) in [5, 5.41) is 6.27. The molecule has 0 unspecified atom stereocenters. The third-order valence-corrected chi connectivity index (χ3v) is 8.93. The van der Waals surface area contributed by atoms with Crippen LogP contribution in [0.25, 0.3) is 38.7 Å². The number of rotatable bonds is 7. The largest absolute Gasteiger partial charge is 0.397 e. The number of nitrogens with one attached hydrogen (secondary N) is 1. The highest BCUT2D eigenvalue weighted by Gasteiger charge is 2.22. The zero-order valence-electron chi connectivity index (χ0n) is 22.4. The minimum Gasteiger partial charge on any atom is -0.397 e. The highest BCUT2D eigenvalue weighted by atomic mass is 35.5. The highest BCUT2D eigenvalue weighted by molar-refractivity contribution is 7.21. The Kier molecular flexibility index (Phi) is 7.71. The summed E-state index contributed by atoms with van der Waals surface area (Å²) in [5.74, 6) is -0.448. The van der Waals surface area contributed by atoms with Gasteiger partial charge in [0, 0.05) is 32.1 Å². The molecule has 0 atom stereocenters. The van der Waals surface area contributed by atoms with Gasteiger partial charge in [0.15, 0.2) is 5.78 Å². The number of carbonyl (C=O) groups excluding carboxylic acids is 2. The molecule has 0 radical (unpaired) electrons. The summed E-state index contributed by atoms with van der Waals surface area (Å²) in [6.07, 6.45) is 3.35. The van der Waals surface area contributed by atoms with E-state index in [9.17, 15) is 9.59 Å². The Morgan fingerprint density at radius 2 is 1.71 bits per heavy atom. The third-order valence-electron chi connectivity index (χ3n) is 6.74. The van der Waals surface area contributed by atoms with Crippen molar-refractivity contribution in [3.8, 4) is 22.4 Å². The molecule has 0 aliphatic rings. The van der Waals surface area contributed by atoms with Crippen LogP contribution in [0.2, 0.25) is 5.02 Å². The van der Waals surface area contributed by atoms with Crippen molar-refractivity contribution in [3.63, 3.8) is 0 Å². The second kappa shape index (κ2) is 11.7. The van der Waals surface area contributed by atoms with Crippen LogP contribution in [-0.2, 0) is 0 Å². The Balaban J connectivity index is 1.32. The molecule has 3 N–H and O–H groups in total. The van der Waals surface area contributed by atoms with E-state index in [4.69, 9.17) is 22.3 Å². The van der Waals surface area contributed by atoms with E-state index in [2.05, 4.69) is 11.4 Å². The quantitative estimate of drug-likeness (QED) is 0.140. The van der Waals surface area contributed by atoms with E-state index < -0.39 is 0 Å². The van der Waals surface area contributed by atoms with Crippen molar-refractivity contribution in [2.24, 2.45) is 0 Å². The van der Waals surface area contributed by atoms with Crippen molar-refractivity contribution in [1.82, 2.24) is 4.98 Å². The number of nitrogen functional groups attached to an aromatic ring is 1. The molecule has 5 nitrogen and oxygen atoms in total. The van der Waals surface area contributed by atoms with Crippen LogP contribution in [-0.4, -0.2) is 16.7 Å². The van der Waals surface area contributed by atoms with Crippen LogP contribution in [0.15, 0.2) is 102 Å². The van der Waals surface area contributed by atoms with Gasteiger partial charge in [-0.1, -0.05) is 59.6 Å². The summed E-state index contributed by atoms with van der Waals surface area (Å²) < 4.78 is 0. The highest BCUT2D eigenvalue weighted by Crippen LogP contribution is 2.42. The molecular weight excluding hydrogens is 582 g/mol. The van der Waals surface area contributed by atoms with E-state index in [-0.39, 0.29) is 11.7 Å². The van der Waals surface area contributed by atoms with Crippen molar-refractivity contribution in [3.05, 3.63) is 128 Å². The maximum Gasteiger partial charge on any atom is 0.267 e. The number of amides is 1. The van der Waals surface area contributed by atoms with E-state index in [1.807, 2.05) is 73.0 Å². The van der Waals surface area contributed by atoms with Gasteiger partial charge in [-0.25, -0.2) is 4.98 Å². The number of hydrogen-bond donors (Lipinski definition) is 2. The Bertz CT molecular complexity index is 1960. The number of aromatic nitrogens is 1. The minimum atomic E-state index is -0.338. The van der Waals surface area contributed by atoms with Crippen molar-refractivity contribution in [2.45, 2.75) is 6.92 Å². The number of nitrogens with zero attached hydrogens (tertiary/aromatic N) is 1. The molecule has 0 aliphatic carbocycles. The number of thiophene rings is 2. The van der Waals surface area contributed by atoms with Crippen molar-refractivity contribution < 1.29 is 9.59 Å². The lowest BCUT2D eigenvalue weighted by Crippen LogP contribution is -2.12. The summed E-state index contributed by atoms with van der Waals surface area (Å²) in [6.45, 7) is 2.04. The van der Waals surface area contributed by atoms with Crippen molar-refractivity contribution in [1.29, 1.82) is 0 Å². The van der Waals surface area contributed by atoms with E-state index in [0.717, 1.165) is 38.2 Å². The second-order valence-electron chi connectivity index (χ2n) is 9.70. The first kappa shape index (κ1) is 27.6. The zero-order chi connectivity index (χ0) is 29.2. The monoisotopic (exact) mass is 605 g/mol. The van der Waals surface area contributed by atoms with Crippen LogP contribution in [0.4, 0.5) is 11.4 Å². The molecule has 1 amide bonds. The van der Waals surface area contributed by atoms with Gasteiger partial charge in [0.2, 0.25) is 0 Å². The summed E-state index contributed by atoms with van der Waals surface area (Å²) in [5.41, 5.74) is 12.8. The summed E-state index contributed by atoms with van der Waals surface area (Å²) in [4.78, 5) is 33.0. The van der Waals surface area contributed by atoms with Crippen molar-refractivity contribution in [2.75, 3.05) is 11.1 Å². The van der Waals surface area contributed by atoms with Gasteiger partial charge in [-0.3, -0.25) is 9.59 Å². The summed E-state index contributed by atoms with van der Waals surface area (Å²) in [6, 6.07) is 28.4. The normalized spacial score (nSPS) is 11.3. The van der Waals surface area contributed by atoms with E-state index in [0.29, 0.717) is 31.7 Å². The number of aryl methyl sites for hydroxylation is 1. The van der Waals surface area contributed by atoms with Crippen LogP contribution in [0.3, 0.4) is 0 Å². The molecule has 0 bridgehead atoms. The Morgan fingerprint density at radius 3 is 2.43 bits per heavy atom. The number of hydrogen-bond acceptors (Lipinski definition) is 6. The molecule has 0 fully saturated rings. The number of allylic oxidation sites excluding steroid dienone is 1. The van der Waals surface area contributed by atoms with E-state index in [1.165, 1.54) is 11.3 Å². The third kappa shape index (κ3) is 5.76. The molecule has 0 saturated carbocycles. The maximum atomic E-state index is 13.5. The fraction of sp³-hybridized carbons (Fsp3) is 0.0294. The van der Waals surface area contributed by atoms with E-state index >= 15 is 0 Å². The fourth-order valence-corrected chi connectivity index (χ4v) is 6.40.